The first kappa shape index (κ1) is 26.1. The summed E-state index contributed by atoms with van der Waals surface area (Å²) in [6, 6.07) is 13.4. The number of amides is 2. The normalized spacial score (nSPS) is 28.3. The van der Waals surface area contributed by atoms with E-state index in [1.54, 1.807) is 11.0 Å². The number of carboxylic acids is 1. The summed E-state index contributed by atoms with van der Waals surface area (Å²) < 4.78 is 6.36. The molecule has 1 spiro atoms. The summed E-state index contributed by atoms with van der Waals surface area (Å²) in [7, 11) is 0. The Balaban J connectivity index is 1.64. The first-order valence-corrected chi connectivity index (χ1v) is 13.1. The maximum absolute atomic E-state index is 14.6. The van der Waals surface area contributed by atoms with Gasteiger partial charge in [-0.25, -0.2) is 0 Å². The Bertz CT molecular complexity index is 1240. The molecule has 5 rings (SSSR count). The van der Waals surface area contributed by atoms with Crippen LogP contribution < -0.4 is 4.90 Å². The number of fused-ring (bicyclic) bond motifs is 1. The number of aliphatic hydroxyl groups excluding tert-OH is 1. The Morgan fingerprint density at radius 1 is 1.18 bits per heavy atom. The second-order valence-electron chi connectivity index (χ2n) is 10.6. The number of hydrogen-bond acceptors (Lipinski definition) is 5. The maximum atomic E-state index is 14.6. The van der Waals surface area contributed by atoms with Gasteiger partial charge in [0, 0.05) is 12.2 Å². The fourth-order valence-corrected chi connectivity index (χ4v) is 6.98. The molecule has 3 heterocycles. The van der Waals surface area contributed by atoms with Crippen LogP contribution in [0.2, 0.25) is 0 Å². The number of carbonyl (C=O) groups excluding carboxylic acids is 2. The molecule has 6 atom stereocenters. The Hall–Kier alpha value is -3.49. The van der Waals surface area contributed by atoms with Crippen LogP contribution in [0.4, 0.5) is 5.69 Å². The number of para-hydroxylation sites is 1. The van der Waals surface area contributed by atoms with Gasteiger partial charge < -0.3 is 24.7 Å². The lowest BCUT2D eigenvalue weighted by molar-refractivity contribution is -0.151. The Morgan fingerprint density at radius 2 is 1.87 bits per heavy atom. The second-order valence-corrected chi connectivity index (χ2v) is 10.6. The van der Waals surface area contributed by atoms with E-state index in [2.05, 4.69) is 6.58 Å². The van der Waals surface area contributed by atoms with E-state index < -0.39 is 47.5 Å². The third-order valence-corrected chi connectivity index (χ3v) is 8.46. The SMILES string of the molecule is C=CCN(C(=O)[C@H]1N([C@@H](CO)Cc2ccccc2)C(=O)[C@@H]2[C@@H](C(=O)O)[C@H]3CC[C@]21O3)c1c(C)cccc1C. The molecule has 2 amide bonds. The van der Waals surface area contributed by atoms with E-state index in [0.717, 1.165) is 22.4 Å². The van der Waals surface area contributed by atoms with Gasteiger partial charge in [0.15, 0.2) is 0 Å². The van der Waals surface area contributed by atoms with Gasteiger partial charge in [0.2, 0.25) is 5.91 Å². The van der Waals surface area contributed by atoms with E-state index in [1.165, 1.54) is 4.90 Å². The van der Waals surface area contributed by atoms with E-state index in [9.17, 15) is 24.6 Å². The molecule has 3 aliphatic heterocycles. The standard InChI is InChI=1S/C30H34N2O6/c1-4-15-31(25-18(2)9-8-10-19(25)3)28(35)26-30-14-13-22(38-30)23(29(36)37)24(30)27(34)32(26)21(17-33)16-20-11-6-5-7-12-20/h4-12,21-24,26,33H,1,13-17H2,2-3H3,(H,36,37)/t21-,22-,23+,24+,26-,30+/m1/s1. The van der Waals surface area contributed by atoms with Crippen LogP contribution >= 0.6 is 0 Å². The van der Waals surface area contributed by atoms with Gasteiger partial charge in [0.1, 0.15) is 11.6 Å². The van der Waals surface area contributed by atoms with Gasteiger partial charge in [-0.15, -0.1) is 6.58 Å². The molecule has 8 nitrogen and oxygen atoms in total. The molecule has 0 saturated carbocycles. The molecule has 0 aromatic heterocycles. The fraction of sp³-hybridized carbons (Fsp3) is 0.433. The number of carbonyl (C=O) groups is 3. The van der Waals surface area contributed by atoms with Gasteiger partial charge >= 0.3 is 5.97 Å². The van der Waals surface area contributed by atoms with Crippen LogP contribution in [0.5, 0.6) is 0 Å². The summed E-state index contributed by atoms with van der Waals surface area (Å²) in [5, 5.41) is 20.6. The minimum absolute atomic E-state index is 0.206. The van der Waals surface area contributed by atoms with Gasteiger partial charge in [-0.1, -0.05) is 54.6 Å². The maximum Gasteiger partial charge on any atom is 0.310 e. The van der Waals surface area contributed by atoms with E-state index in [1.807, 2.05) is 62.4 Å². The van der Waals surface area contributed by atoms with Crippen molar-refractivity contribution in [2.45, 2.75) is 56.9 Å². The molecule has 0 unspecified atom stereocenters. The third kappa shape index (κ3) is 3.94. The highest BCUT2D eigenvalue weighted by molar-refractivity contribution is 6.05. The molecule has 38 heavy (non-hydrogen) atoms. The molecule has 3 saturated heterocycles. The Kier molecular flexibility index (Phi) is 6.88. The predicted molar refractivity (Wildman–Crippen MR) is 142 cm³/mol. The lowest BCUT2D eigenvalue weighted by Gasteiger charge is -2.40. The largest absolute Gasteiger partial charge is 0.481 e. The number of nitrogens with zero attached hydrogens (tertiary/aromatic N) is 2. The number of hydrogen-bond donors (Lipinski definition) is 2. The average Bonchev–Trinajstić information content (AvgIpc) is 3.54. The molecular formula is C30H34N2O6. The Morgan fingerprint density at radius 3 is 2.47 bits per heavy atom. The first-order valence-electron chi connectivity index (χ1n) is 13.1. The van der Waals surface area contributed by atoms with Crippen molar-refractivity contribution in [2.24, 2.45) is 11.8 Å². The van der Waals surface area contributed by atoms with Gasteiger partial charge in [-0.3, -0.25) is 14.4 Å². The van der Waals surface area contributed by atoms with Gasteiger partial charge in [0.05, 0.1) is 30.6 Å². The monoisotopic (exact) mass is 518 g/mol. The van der Waals surface area contributed by atoms with Crippen molar-refractivity contribution in [1.82, 2.24) is 4.90 Å². The molecule has 200 valence electrons. The lowest BCUT2D eigenvalue weighted by atomic mass is 9.70. The molecule has 2 aromatic rings. The molecule has 2 aromatic carbocycles. The van der Waals surface area contributed by atoms with Crippen LogP contribution in [0.3, 0.4) is 0 Å². The van der Waals surface area contributed by atoms with Crippen LogP contribution in [-0.2, 0) is 25.5 Å². The van der Waals surface area contributed by atoms with Crippen molar-refractivity contribution in [3.05, 3.63) is 77.9 Å². The van der Waals surface area contributed by atoms with Crippen LogP contribution in [-0.4, -0.2) is 69.8 Å². The number of rotatable bonds is 9. The van der Waals surface area contributed by atoms with Gasteiger partial charge in [-0.2, -0.15) is 0 Å². The predicted octanol–water partition coefficient (Wildman–Crippen LogP) is 2.89. The van der Waals surface area contributed by atoms with Crippen LogP contribution in [0.15, 0.2) is 61.2 Å². The van der Waals surface area contributed by atoms with Crippen molar-refractivity contribution in [2.75, 3.05) is 18.1 Å². The molecule has 8 heteroatoms. The zero-order valence-corrected chi connectivity index (χ0v) is 21.7. The first-order chi connectivity index (χ1) is 18.2. The van der Waals surface area contributed by atoms with Crippen molar-refractivity contribution in [1.29, 1.82) is 0 Å². The number of ether oxygens (including phenoxy) is 1. The molecule has 0 aliphatic carbocycles. The summed E-state index contributed by atoms with van der Waals surface area (Å²) in [5.41, 5.74) is 2.16. The topological polar surface area (TPSA) is 107 Å². The highest BCUT2D eigenvalue weighted by Crippen LogP contribution is 2.59. The van der Waals surface area contributed by atoms with Crippen LogP contribution in [0.1, 0.15) is 29.5 Å². The number of anilines is 1. The number of aliphatic carboxylic acids is 1. The minimum Gasteiger partial charge on any atom is -0.481 e. The highest BCUT2D eigenvalue weighted by atomic mass is 16.5. The zero-order chi connectivity index (χ0) is 27.2. The van der Waals surface area contributed by atoms with E-state index >= 15 is 0 Å². The lowest BCUT2D eigenvalue weighted by Crippen LogP contribution is -2.59. The van der Waals surface area contributed by atoms with Crippen LogP contribution in [0, 0.1) is 25.7 Å². The van der Waals surface area contributed by atoms with E-state index in [4.69, 9.17) is 4.74 Å². The number of carboxylic acid groups (broad SMARTS) is 1. The third-order valence-electron chi connectivity index (χ3n) is 8.46. The highest BCUT2D eigenvalue weighted by Gasteiger charge is 2.75. The average molecular weight is 519 g/mol. The molecule has 2 bridgehead atoms. The Labute approximate surface area is 222 Å². The molecule has 3 fully saturated rings. The van der Waals surface area contributed by atoms with E-state index in [0.29, 0.717) is 19.3 Å². The molecule has 2 N–H and O–H groups in total. The molecule has 0 radical (unpaired) electrons. The van der Waals surface area contributed by atoms with Crippen molar-refractivity contribution in [3.8, 4) is 0 Å². The number of benzene rings is 2. The second kappa shape index (κ2) is 10.0. The summed E-state index contributed by atoms with van der Waals surface area (Å²) in [4.78, 5) is 44.2. The number of aryl methyl sites for hydroxylation is 2. The van der Waals surface area contributed by atoms with Crippen LogP contribution in [0.25, 0.3) is 0 Å². The minimum atomic E-state index is -1.26. The summed E-state index contributed by atoms with van der Waals surface area (Å²) >= 11 is 0. The van der Waals surface area contributed by atoms with Gasteiger partial charge in [-0.05, 0) is 49.8 Å². The van der Waals surface area contributed by atoms with Gasteiger partial charge in [0.25, 0.3) is 5.91 Å². The summed E-state index contributed by atoms with van der Waals surface area (Å²) in [5.74, 6) is -3.89. The van der Waals surface area contributed by atoms with Crippen molar-refractivity contribution in [3.63, 3.8) is 0 Å². The number of likely N-dealkylation sites (tertiary alicyclic amines) is 1. The summed E-state index contributed by atoms with van der Waals surface area (Å²) in [6.45, 7) is 7.54. The summed E-state index contributed by atoms with van der Waals surface area (Å²) in [6.07, 6.45) is 2.21. The van der Waals surface area contributed by atoms with Crippen molar-refractivity contribution < 1.29 is 29.3 Å². The molecular weight excluding hydrogens is 484 g/mol. The smallest absolute Gasteiger partial charge is 0.310 e. The van der Waals surface area contributed by atoms with Crippen molar-refractivity contribution >= 4 is 23.5 Å². The van der Waals surface area contributed by atoms with E-state index in [-0.39, 0.29) is 19.1 Å². The zero-order valence-electron chi connectivity index (χ0n) is 21.7. The molecule has 3 aliphatic rings. The quantitative estimate of drug-likeness (QED) is 0.495. The number of aliphatic hydroxyl groups is 1. The fourth-order valence-electron chi connectivity index (χ4n) is 6.98.